The van der Waals surface area contributed by atoms with Gasteiger partial charge in [0.05, 0.1) is 0 Å². The standard InChI is InChI=1S/C20H20ClN5O3/c21-16-4-2-1-3-14(16)15-9-11-10-23-20(26-17(11)25-18(15)27)24-12-5-7-13(8-6-12)29-19(22)28/h1-4,9-10,12-13H,5-8H2,(H2,22,28)(H2,23,24,25,26,27). The van der Waals surface area contributed by atoms with Crippen LogP contribution in [0.5, 0.6) is 0 Å². The zero-order valence-electron chi connectivity index (χ0n) is 15.5. The smallest absolute Gasteiger partial charge is 0.404 e. The monoisotopic (exact) mass is 413 g/mol. The molecule has 1 aromatic carbocycles. The van der Waals surface area contributed by atoms with Gasteiger partial charge in [-0.05, 0) is 37.8 Å². The molecule has 1 aliphatic rings. The van der Waals surface area contributed by atoms with Crippen molar-refractivity contribution >= 4 is 34.7 Å². The Labute approximate surface area is 171 Å². The van der Waals surface area contributed by atoms with Crippen molar-refractivity contribution in [3.8, 4) is 11.1 Å². The molecule has 0 radical (unpaired) electrons. The number of nitrogens with two attached hydrogens (primary N) is 1. The average molecular weight is 414 g/mol. The van der Waals surface area contributed by atoms with Crippen molar-refractivity contribution in [1.29, 1.82) is 0 Å². The third-order valence-electron chi connectivity index (χ3n) is 5.05. The van der Waals surface area contributed by atoms with Crippen molar-refractivity contribution in [2.75, 3.05) is 5.32 Å². The van der Waals surface area contributed by atoms with Gasteiger partial charge in [-0.2, -0.15) is 4.98 Å². The van der Waals surface area contributed by atoms with Crippen LogP contribution in [-0.2, 0) is 4.74 Å². The normalized spacial score (nSPS) is 19.1. The molecule has 1 saturated carbocycles. The number of hydrogen-bond acceptors (Lipinski definition) is 6. The van der Waals surface area contributed by atoms with Gasteiger partial charge in [0.2, 0.25) is 5.95 Å². The Bertz CT molecular complexity index is 1110. The van der Waals surface area contributed by atoms with E-state index in [9.17, 15) is 9.59 Å². The summed E-state index contributed by atoms with van der Waals surface area (Å²) in [6.07, 6.45) is 3.87. The van der Waals surface area contributed by atoms with Gasteiger partial charge >= 0.3 is 6.09 Å². The van der Waals surface area contributed by atoms with Crippen LogP contribution in [0.1, 0.15) is 25.7 Å². The number of carbonyl (C=O) groups excluding carboxylic acids is 1. The molecule has 0 aliphatic heterocycles. The number of hydrogen-bond donors (Lipinski definition) is 3. The molecule has 4 rings (SSSR count). The lowest BCUT2D eigenvalue weighted by Crippen LogP contribution is -2.32. The van der Waals surface area contributed by atoms with Crippen molar-refractivity contribution in [1.82, 2.24) is 15.0 Å². The van der Waals surface area contributed by atoms with Crippen molar-refractivity contribution in [3.63, 3.8) is 0 Å². The predicted molar refractivity (Wildman–Crippen MR) is 111 cm³/mol. The SMILES string of the molecule is NC(=O)OC1CCC(Nc2ncc3cc(-c4ccccc4Cl)c(=O)[nH]c3n2)CC1. The zero-order chi connectivity index (χ0) is 20.4. The number of carbonyl (C=O) groups is 1. The summed E-state index contributed by atoms with van der Waals surface area (Å²) in [7, 11) is 0. The summed E-state index contributed by atoms with van der Waals surface area (Å²) in [6, 6.07) is 9.09. The van der Waals surface area contributed by atoms with Crippen LogP contribution in [0.4, 0.5) is 10.7 Å². The molecule has 0 atom stereocenters. The van der Waals surface area contributed by atoms with E-state index in [1.807, 2.05) is 12.1 Å². The highest BCUT2D eigenvalue weighted by Gasteiger charge is 2.23. The molecule has 9 heteroatoms. The minimum Gasteiger partial charge on any atom is -0.446 e. The highest BCUT2D eigenvalue weighted by molar-refractivity contribution is 6.33. The lowest BCUT2D eigenvalue weighted by atomic mass is 9.93. The molecule has 0 unspecified atom stereocenters. The van der Waals surface area contributed by atoms with Crippen LogP contribution in [0, 0.1) is 0 Å². The van der Waals surface area contributed by atoms with Crippen LogP contribution in [0.3, 0.4) is 0 Å². The van der Waals surface area contributed by atoms with Gasteiger partial charge in [-0.25, -0.2) is 9.78 Å². The molecule has 150 valence electrons. The van der Waals surface area contributed by atoms with Crippen LogP contribution in [0.15, 0.2) is 41.3 Å². The maximum atomic E-state index is 12.6. The van der Waals surface area contributed by atoms with Crippen molar-refractivity contribution < 1.29 is 9.53 Å². The van der Waals surface area contributed by atoms with Crippen LogP contribution in [0.2, 0.25) is 5.02 Å². The summed E-state index contributed by atoms with van der Waals surface area (Å²) >= 11 is 6.23. The van der Waals surface area contributed by atoms with Crippen LogP contribution < -0.4 is 16.6 Å². The van der Waals surface area contributed by atoms with E-state index in [-0.39, 0.29) is 17.7 Å². The van der Waals surface area contributed by atoms with Gasteiger partial charge in [0.15, 0.2) is 0 Å². The number of ether oxygens (including phenoxy) is 1. The molecule has 2 heterocycles. The van der Waals surface area contributed by atoms with Crippen molar-refractivity contribution in [2.24, 2.45) is 5.73 Å². The second kappa shape index (κ2) is 8.08. The number of H-pyrrole nitrogens is 1. The third-order valence-corrected chi connectivity index (χ3v) is 5.38. The third kappa shape index (κ3) is 4.32. The highest BCUT2D eigenvalue weighted by atomic mass is 35.5. The Balaban J connectivity index is 1.52. The fourth-order valence-electron chi connectivity index (χ4n) is 3.61. The lowest BCUT2D eigenvalue weighted by Gasteiger charge is -2.28. The van der Waals surface area contributed by atoms with E-state index in [0.717, 1.165) is 25.7 Å². The number of nitrogens with zero attached hydrogens (tertiary/aromatic N) is 2. The van der Waals surface area contributed by atoms with E-state index in [0.29, 0.717) is 33.1 Å². The van der Waals surface area contributed by atoms with E-state index in [4.69, 9.17) is 22.1 Å². The zero-order valence-corrected chi connectivity index (χ0v) is 16.3. The van der Waals surface area contributed by atoms with Gasteiger partial charge in [0.25, 0.3) is 5.56 Å². The highest BCUT2D eigenvalue weighted by Crippen LogP contribution is 2.27. The number of fused-ring (bicyclic) bond motifs is 1. The summed E-state index contributed by atoms with van der Waals surface area (Å²) in [6.45, 7) is 0. The van der Waals surface area contributed by atoms with Crippen molar-refractivity contribution in [2.45, 2.75) is 37.8 Å². The van der Waals surface area contributed by atoms with Gasteiger partial charge in [-0.1, -0.05) is 29.8 Å². The Kier molecular flexibility index (Phi) is 5.35. The van der Waals surface area contributed by atoms with Gasteiger partial charge in [0.1, 0.15) is 11.8 Å². The van der Waals surface area contributed by atoms with Gasteiger partial charge < -0.3 is 20.8 Å². The summed E-state index contributed by atoms with van der Waals surface area (Å²) in [5.41, 5.74) is 6.39. The van der Waals surface area contributed by atoms with Crippen molar-refractivity contribution in [3.05, 3.63) is 51.9 Å². The number of amides is 1. The first kappa shape index (κ1) is 19.2. The number of rotatable bonds is 4. The summed E-state index contributed by atoms with van der Waals surface area (Å²) in [5, 5.41) is 4.50. The fourth-order valence-corrected chi connectivity index (χ4v) is 3.85. The molecule has 4 N–H and O–H groups in total. The summed E-state index contributed by atoms with van der Waals surface area (Å²) in [4.78, 5) is 35.0. The average Bonchev–Trinajstić information content (AvgIpc) is 2.69. The molecule has 0 bridgehead atoms. The number of primary amides is 1. The Morgan fingerprint density at radius 2 is 1.97 bits per heavy atom. The lowest BCUT2D eigenvalue weighted by molar-refractivity contribution is 0.0805. The van der Waals surface area contributed by atoms with Gasteiger partial charge in [-0.3, -0.25) is 4.79 Å². The van der Waals surface area contributed by atoms with Crippen LogP contribution in [0.25, 0.3) is 22.2 Å². The number of anilines is 1. The molecule has 2 aromatic heterocycles. The second-order valence-electron chi connectivity index (χ2n) is 7.04. The van der Waals surface area contributed by atoms with E-state index in [1.165, 1.54) is 0 Å². The minimum atomic E-state index is -0.737. The molecule has 29 heavy (non-hydrogen) atoms. The second-order valence-corrected chi connectivity index (χ2v) is 7.45. The molecular formula is C20H20ClN5O3. The van der Waals surface area contributed by atoms with E-state index in [1.54, 1.807) is 24.4 Å². The quantitative estimate of drug-likeness (QED) is 0.601. The van der Waals surface area contributed by atoms with Gasteiger partial charge in [-0.15, -0.1) is 0 Å². The first-order valence-electron chi connectivity index (χ1n) is 9.37. The maximum absolute atomic E-state index is 12.6. The number of benzene rings is 1. The van der Waals surface area contributed by atoms with Crippen LogP contribution >= 0.6 is 11.6 Å². The molecule has 1 amide bonds. The largest absolute Gasteiger partial charge is 0.446 e. The Morgan fingerprint density at radius 3 is 2.69 bits per heavy atom. The predicted octanol–water partition coefficient (Wildman–Crippen LogP) is 3.46. The molecule has 1 fully saturated rings. The fraction of sp³-hybridized carbons (Fsp3) is 0.300. The van der Waals surface area contributed by atoms with E-state index >= 15 is 0 Å². The number of halogens is 1. The van der Waals surface area contributed by atoms with E-state index in [2.05, 4.69) is 20.3 Å². The Hall–Kier alpha value is -3.13. The molecule has 0 spiro atoms. The number of aromatic amines is 1. The topological polar surface area (TPSA) is 123 Å². The summed E-state index contributed by atoms with van der Waals surface area (Å²) < 4.78 is 5.05. The maximum Gasteiger partial charge on any atom is 0.404 e. The number of pyridine rings is 1. The first-order chi connectivity index (χ1) is 14.0. The molecule has 1 aliphatic carbocycles. The molecule has 0 saturated heterocycles. The molecule has 3 aromatic rings. The first-order valence-corrected chi connectivity index (χ1v) is 9.75. The summed E-state index contributed by atoms with van der Waals surface area (Å²) in [5.74, 6) is 0.443. The number of aromatic nitrogens is 3. The van der Waals surface area contributed by atoms with Gasteiger partial charge in [0, 0.05) is 33.8 Å². The van der Waals surface area contributed by atoms with Crippen LogP contribution in [-0.4, -0.2) is 33.2 Å². The molecule has 8 nitrogen and oxygen atoms in total. The number of nitrogens with one attached hydrogen (secondary N) is 2. The Morgan fingerprint density at radius 1 is 1.21 bits per heavy atom. The van der Waals surface area contributed by atoms with E-state index < -0.39 is 6.09 Å². The molecular weight excluding hydrogens is 394 g/mol. The minimum absolute atomic E-state index is 0.136.